The molecule has 16 N–H and O–H groups in total. The molecule has 0 aliphatic carbocycles. The third-order valence-corrected chi connectivity index (χ3v) is 32.2. The molecule has 0 saturated carbocycles. The molecule has 8 atom stereocenters. The molecule has 0 aliphatic rings. The van der Waals surface area contributed by atoms with Crippen LogP contribution >= 0.6 is 294 Å². The quantitative estimate of drug-likeness (QED) is 0.0134. The first-order chi connectivity index (χ1) is 67.7. The zero-order valence-electron chi connectivity index (χ0n) is 83.2. The average Bonchev–Trinajstić information content (AvgIpc) is 0.389. The number of hydrogen-bond donors (Lipinski definition) is 16. The summed E-state index contributed by atoms with van der Waals surface area (Å²) in [6.07, 6.45) is -3.46. The highest BCUT2D eigenvalue weighted by Gasteiger charge is 2.24. The van der Waals surface area contributed by atoms with Crippen LogP contribution in [0.2, 0.25) is 0 Å². The molecule has 0 saturated heterocycles. The maximum Gasteiger partial charge on any atom is 0.197 e. The molecule has 0 heterocycles. The van der Waals surface area contributed by atoms with Crippen LogP contribution in [0.4, 0.5) is 0 Å². The Kier molecular flexibility index (Phi) is 71.8. The first-order valence-corrected chi connectivity index (χ1v) is 57.4. The van der Waals surface area contributed by atoms with Crippen LogP contribution in [0.1, 0.15) is 180 Å². The van der Waals surface area contributed by atoms with E-state index in [9.17, 15) is 56.2 Å². The maximum atomic E-state index is 9.67. The van der Waals surface area contributed by atoms with E-state index in [-0.39, 0.29) is 99.3 Å². The third kappa shape index (κ3) is 46.8. The van der Waals surface area contributed by atoms with Gasteiger partial charge in [-0.15, -0.1) is 0 Å². The lowest BCUT2D eigenvalue weighted by molar-refractivity contribution is -0.0631. The van der Waals surface area contributed by atoms with E-state index in [1.165, 1.54) is 28.4 Å². The summed E-state index contributed by atoms with van der Waals surface area (Å²) < 4.78 is 90.5. The lowest BCUT2D eigenvalue weighted by Gasteiger charge is -2.20. The first kappa shape index (κ1) is 140. The van der Waals surface area contributed by atoms with Gasteiger partial charge >= 0.3 is 0 Å². The smallest absolute Gasteiger partial charge is 0.197 e. The van der Waals surface area contributed by atoms with Gasteiger partial charge in [-0.3, -0.25) is 0 Å². The van der Waals surface area contributed by atoms with Crippen LogP contribution in [0.3, 0.4) is 0 Å². The van der Waals surface area contributed by atoms with Crippen molar-refractivity contribution in [3.05, 3.63) is 222 Å². The van der Waals surface area contributed by atoms with E-state index in [4.69, 9.17) is 96.6 Å². The molecule has 8 unspecified atom stereocenters. The minimum absolute atomic E-state index is 0.0202. The average molecular weight is 3470 g/mol. The molecule has 10 rings (SSSR count). The fourth-order valence-electron chi connectivity index (χ4n) is 11.7. The monoisotopic (exact) mass is 3470 g/mol. The summed E-state index contributed by atoms with van der Waals surface area (Å²) in [6, 6.07) is 30.0. The Morgan fingerprint density at radius 3 is 0.924 bits per heavy atom. The highest BCUT2D eigenvalue weighted by atomic mass is 127. The van der Waals surface area contributed by atoms with E-state index in [1.807, 2.05) is 232 Å². The van der Waals surface area contributed by atoms with Crippen LogP contribution < -0.4 is 52.1 Å². The molecule has 0 spiro atoms. The van der Waals surface area contributed by atoms with Gasteiger partial charge in [-0.05, 0) is 555 Å². The van der Waals surface area contributed by atoms with Crippen LogP contribution in [0.25, 0.3) is 0 Å². The van der Waals surface area contributed by atoms with E-state index < -0.39 is 24.4 Å². The van der Waals surface area contributed by atoms with Crippen molar-refractivity contribution in [2.24, 2.45) is 0 Å². The molecule has 10 aromatic rings. The van der Waals surface area contributed by atoms with Crippen molar-refractivity contribution in [1.29, 1.82) is 0 Å². The minimum Gasteiger partial charge on any atom is -0.507 e. The lowest BCUT2D eigenvalue weighted by Crippen LogP contribution is -2.17. The van der Waals surface area contributed by atoms with Crippen molar-refractivity contribution < 1.29 is 153 Å². The number of aliphatic hydroxyl groups is 10. The topological polar surface area (TPSA) is 462 Å². The second kappa shape index (κ2) is 74.0. The Hall–Kier alpha value is -2.27. The predicted molar refractivity (Wildman–Crippen MR) is 665 cm³/mol. The molecule has 0 aromatic heterocycles. The van der Waals surface area contributed by atoms with E-state index >= 15 is 0 Å². The van der Waals surface area contributed by atoms with Crippen LogP contribution in [0.5, 0.6) is 97.7 Å². The molecule has 0 bridgehead atoms. The summed E-state index contributed by atoms with van der Waals surface area (Å²) in [5.74, 6) is 7.17. The molecule has 0 fully saturated rings. The summed E-state index contributed by atoms with van der Waals surface area (Å²) in [5.41, 5.74) is 10.9. The Morgan fingerprint density at radius 1 is 0.243 bits per heavy atom. The highest BCUT2D eigenvalue weighted by molar-refractivity contribution is 14.1. The largest absolute Gasteiger partial charge is 0.507 e. The van der Waals surface area contributed by atoms with Gasteiger partial charge < -0.3 is 153 Å². The maximum absolute atomic E-state index is 9.67. The van der Waals surface area contributed by atoms with E-state index in [2.05, 4.69) is 181 Å². The van der Waals surface area contributed by atoms with Crippen molar-refractivity contribution >= 4 is 294 Å². The number of halogens is 13. The van der Waals surface area contributed by atoms with Crippen LogP contribution in [-0.4, -0.2) is 183 Å². The SMILES string of the molecule is CCOC(C)Oc1c(I)cc(C(C)O)cc1OC.CCOC(C)Oc1c(I)cc(CO)c(I)c1OC.CCOC(C)Oc1c(I)cc(CO)cc1OC.CCOC(C)Oc1cc(CO)cc(C)c1I.COc1c(O)c(I)cc(C(C)O)c1I.COc1c(O)c(I)cc(CO)c1I.COc1cc(C(C)O)cc(I)c1O.COc1cc(CO)cc(I)c1O.Cc1cc(C(C)O)cc(O)c1I.Cc1cc(CO)cc(O)c1I. The zero-order chi connectivity index (χ0) is 110. The number of ether oxygens (including phenoxy) is 15. The number of rotatable bonds is 33. The second-order valence-corrected chi connectivity index (χ2v) is 44.3. The van der Waals surface area contributed by atoms with Crippen molar-refractivity contribution in [1.82, 2.24) is 0 Å². The van der Waals surface area contributed by atoms with Gasteiger partial charge in [-0.25, -0.2) is 0 Å². The summed E-state index contributed by atoms with van der Waals surface area (Å²) in [5, 5.41) is 149. The normalized spacial score (nSPS) is 12.1. The highest BCUT2D eigenvalue weighted by Crippen LogP contribution is 2.45. The second-order valence-electron chi connectivity index (χ2n) is 29.7. The van der Waals surface area contributed by atoms with Gasteiger partial charge in [0.1, 0.15) is 17.2 Å². The van der Waals surface area contributed by atoms with Crippen LogP contribution in [-0.2, 0) is 58.6 Å². The van der Waals surface area contributed by atoms with Crippen molar-refractivity contribution in [2.75, 3.05) is 76.2 Å². The Morgan fingerprint density at radius 2 is 0.535 bits per heavy atom. The van der Waals surface area contributed by atoms with Gasteiger partial charge in [0.25, 0.3) is 0 Å². The van der Waals surface area contributed by atoms with Gasteiger partial charge in [0.05, 0.1) is 160 Å². The molecule has 31 nitrogen and oxygen atoms in total. The summed E-state index contributed by atoms with van der Waals surface area (Å²) in [7, 11) is 10.7. The Labute approximate surface area is 1020 Å². The lowest BCUT2D eigenvalue weighted by atomic mass is 10.1. The number of aliphatic hydroxyl groups excluding tert-OH is 10. The molecule has 804 valence electrons. The fraction of sp³-hybridized carbons (Fsp3) is 0.400. The first-order valence-electron chi connectivity index (χ1n) is 43.4. The van der Waals surface area contributed by atoms with Gasteiger partial charge in [-0.2, -0.15) is 0 Å². The molecule has 0 radical (unpaired) electrons. The van der Waals surface area contributed by atoms with Crippen LogP contribution in [0.15, 0.2) is 103 Å². The van der Waals surface area contributed by atoms with E-state index in [0.717, 1.165) is 110 Å². The molecular formula is C100H127I13O31. The van der Waals surface area contributed by atoms with E-state index in [0.29, 0.717) is 98.2 Å². The van der Waals surface area contributed by atoms with Gasteiger partial charge in [0.2, 0.25) is 0 Å². The van der Waals surface area contributed by atoms with Crippen molar-refractivity contribution in [3.8, 4) is 97.7 Å². The molecule has 10 aromatic carbocycles. The van der Waals surface area contributed by atoms with E-state index in [1.54, 1.807) is 110 Å². The molecule has 144 heavy (non-hydrogen) atoms. The summed E-state index contributed by atoms with van der Waals surface area (Å²) >= 11 is 27.1. The number of phenolic OH excluding ortho intramolecular Hbond substituents is 6. The number of phenols is 6. The Balaban J connectivity index is 0.000000803. The summed E-state index contributed by atoms with van der Waals surface area (Å²) in [6.45, 7) is 29.9. The minimum atomic E-state index is -0.565. The fourth-order valence-corrected chi connectivity index (χ4v) is 20.2. The molecular weight excluding hydrogens is 3350 g/mol. The Bertz CT molecular complexity index is 5540. The molecule has 0 aliphatic heterocycles. The third-order valence-electron chi connectivity index (χ3n) is 18.9. The number of methoxy groups -OCH3 is 7. The zero-order valence-corrected chi connectivity index (χ0v) is 111. The van der Waals surface area contributed by atoms with Crippen LogP contribution in [0, 0.1) is 67.2 Å². The number of hydrogen-bond acceptors (Lipinski definition) is 31. The van der Waals surface area contributed by atoms with Gasteiger partial charge in [0.15, 0.2) is 106 Å². The number of aryl methyl sites for hydroxylation is 3. The van der Waals surface area contributed by atoms with Crippen molar-refractivity contribution in [2.45, 2.75) is 193 Å². The molecule has 0 amide bonds. The number of benzene rings is 10. The number of aromatic hydroxyl groups is 6. The van der Waals surface area contributed by atoms with Gasteiger partial charge in [0, 0.05) is 26.4 Å². The molecule has 44 heteroatoms. The van der Waals surface area contributed by atoms with Crippen molar-refractivity contribution in [3.63, 3.8) is 0 Å². The summed E-state index contributed by atoms with van der Waals surface area (Å²) in [4.78, 5) is 0. The predicted octanol–water partition coefficient (Wildman–Crippen LogP) is 24.2. The standard InChI is InChI=1S/C13H19IO4.C12H16I2O4.C12H17IO4.C12H17IO3.C9H10I2O3.C9H11IO3.C9H11IO2.C8H8I2O3.C8H9IO3.C8H9IO2/c1-5-17-9(3)18-13-11(14)6-10(8(2)15)7-12(13)16-4;1-4-17-7(2)18-11-9(13)5-8(6-15)10(14)12(11)16-3;1-4-16-8(2)17-12-10(13)5-9(7-14)6-11(12)15-3;1-4-15-9(3)16-11-6-10(7-14)5-8(2)12(11)13;1-4(12)5-3-6(10)8(13)9(14-2)7(5)11;1-5(11)6-3-7(10)9(12)8(4-6)13-2;1-5-3-7(6(2)11)4-8(12)9(5)10;1-13-8-6(10)4(3-11)2-5(9)7(8)12;1-12-7-3-5(4-10)2-6(9)8(7)11;1-5-2-6(4-10)3-7(11)8(5)9/h6-9,15H,5H2,1-4H3;5,7,15H,4,6H2,1-3H3;5-6,8,14H,4,7H2,1-3H3;5-6,9,14H,4,7H2,1-3H3;3-4,12-13H,1-2H3;3-5,11-12H,1-2H3;3-4,6,11-12H,1-2H3;2,11-12H,3H2,1H3;2-3,10-11H,4H2,1H3;2-3,10-11H,4H2,1H3. The van der Waals surface area contributed by atoms with Gasteiger partial charge in [-0.1, -0.05) is 18.2 Å².